The van der Waals surface area contributed by atoms with Crippen LogP contribution in [0.25, 0.3) is 0 Å². The van der Waals surface area contributed by atoms with Crippen molar-refractivity contribution in [2.24, 2.45) is 7.05 Å². The van der Waals surface area contributed by atoms with Crippen LogP contribution in [0.3, 0.4) is 0 Å². The molecule has 2 aromatic rings. The second kappa shape index (κ2) is 8.86. The highest BCUT2D eigenvalue weighted by atomic mass is 35.5. The maximum Gasteiger partial charge on any atom is 0.216 e. The summed E-state index contributed by atoms with van der Waals surface area (Å²) in [6, 6.07) is 8.29. The van der Waals surface area contributed by atoms with Crippen molar-refractivity contribution in [1.29, 1.82) is 0 Å². The molecule has 1 atom stereocenters. The van der Waals surface area contributed by atoms with E-state index in [0.29, 0.717) is 6.54 Å². The predicted octanol–water partition coefficient (Wildman–Crippen LogP) is 2.55. The molecule has 7 heteroatoms. The van der Waals surface area contributed by atoms with Crippen LogP contribution in [-0.4, -0.2) is 54.6 Å². The molecule has 1 unspecified atom stereocenters. The van der Waals surface area contributed by atoms with Gasteiger partial charge in [0.2, 0.25) is 5.88 Å². The summed E-state index contributed by atoms with van der Waals surface area (Å²) in [5.74, 6) is 0.802. The molecule has 0 aliphatic carbocycles. The van der Waals surface area contributed by atoms with Crippen molar-refractivity contribution >= 4 is 11.6 Å². The zero-order valence-corrected chi connectivity index (χ0v) is 16.4. The van der Waals surface area contributed by atoms with E-state index in [1.807, 2.05) is 32.2 Å². The summed E-state index contributed by atoms with van der Waals surface area (Å²) >= 11 is 6.49. The van der Waals surface area contributed by atoms with Crippen molar-refractivity contribution in [2.75, 3.05) is 40.0 Å². The molecule has 1 saturated heterocycles. The molecule has 26 heavy (non-hydrogen) atoms. The smallest absolute Gasteiger partial charge is 0.216 e. The summed E-state index contributed by atoms with van der Waals surface area (Å²) in [7, 11) is 3.58. The van der Waals surface area contributed by atoms with Crippen LogP contribution in [0.2, 0.25) is 5.02 Å². The van der Waals surface area contributed by atoms with E-state index in [0.717, 1.165) is 60.6 Å². The molecule has 0 bridgehead atoms. The van der Waals surface area contributed by atoms with E-state index in [2.05, 4.69) is 21.4 Å². The average molecular weight is 379 g/mol. The van der Waals surface area contributed by atoms with Crippen LogP contribution >= 0.6 is 11.6 Å². The molecule has 1 aromatic carbocycles. The Morgan fingerprint density at radius 2 is 2.04 bits per heavy atom. The molecule has 2 heterocycles. The van der Waals surface area contributed by atoms with Crippen LogP contribution in [0.1, 0.15) is 22.9 Å². The van der Waals surface area contributed by atoms with E-state index in [9.17, 15) is 0 Å². The van der Waals surface area contributed by atoms with Gasteiger partial charge in [0.1, 0.15) is 0 Å². The van der Waals surface area contributed by atoms with Crippen LogP contribution < -0.4 is 10.1 Å². The van der Waals surface area contributed by atoms with Crippen LogP contribution in [-0.2, 0) is 18.3 Å². The van der Waals surface area contributed by atoms with Crippen molar-refractivity contribution in [1.82, 2.24) is 20.0 Å². The largest absolute Gasteiger partial charge is 0.481 e. The Balaban J connectivity index is 1.73. The molecule has 142 valence electrons. The highest BCUT2D eigenvalue weighted by Crippen LogP contribution is 2.28. The van der Waals surface area contributed by atoms with Gasteiger partial charge in [0.05, 0.1) is 31.6 Å². The lowest BCUT2D eigenvalue weighted by Gasteiger charge is -2.35. The Hall–Kier alpha value is -1.60. The molecule has 1 aromatic heterocycles. The van der Waals surface area contributed by atoms with Gasteiger partial charge < -0.3 is 14.8 Å². The average Bonchev–Trinajstić information content (AvgIpc) is 2.93. The Kier molecular flexibility index (Phi) is 6.53. The summed E-state index contributed by atoms with van der Waals surface area (Å²) in [5, 5.41) is 8.83. The Morgan fingerprint density at radius 3 is 2.73 bits per heavy atom. The molecule has 1 aliphatic heterocycles. The minimum Gasteiger partial charge on any atom is -0.481 e. The van der Waals surface area contributed by atoms with E-state index in [4.69, 9.17) is 21.1 Å². The summed E-state index contributed by atoms with van der Waals surface area (Å²) in [5.41, 5.74) is 3.23. The molecule has 1 aliphatic rings. The minimum absolute atomic E-state index is 0.204. The zero-order valence-electron chi connectivity index (χ0n) is 15.7. The second-order valence-electron chi connectivity index (χ2n) is 6.51. The number of rotatable bonds is 7. The van der Waals surface area contributed by atoms with E-state index < -0.39 is 0 Å². The van der Waals surface area contributed by atoms with E-state index >= 15 is 0 Å². The number of morpholine rings is 1. The van der Waals surface area contributed by atoms with Crippen molar-refractivity contribution in [3.63, 3.8) is 0 Å². The minimum atomic E-state index is 0.204. The van der Waals surface area contributed by atoms with Gasteiger partial charge in [0, 0.05) is 44.3 Å². The second-order valence-corrected chi connectivity index (χ2v) is 6.92. The summed E-state index contributed by atoms with van der Waals surface area (Å²) < 4.78 is 12.8. The number of aryl methyl sites for hydroxylation is 2. The van der Waals surface area contributed by atoms with E-state index in [1.165, 1.54) is 0 Å². The normalized spacial score (nSPS) is 16.6. The fourth-order valence-electron chi connectivity index (χ4n) is 3.54. The first-order chi connectivity index (χ1) is 12.6. The number of nitrogens with zero attached hydrogens (tertiary/aromatic N) is 3. The molecule has 1 N–H and O–H groups in total. The molecule has 1 fully saturated rings. The van der Waals surface area contributed by atoms with Gasteiger partial charge in [-0.1, -0.05) is 29.8 Å². The van der Waals surface area contributed by atoms with E-state index in [1.54, 1.807) is 11.8 Å². The van der Waals surface area contributed by atoms with Crippen molar-refractivity contribution in [3.8, 4) is 5.88 Å². The molecule has 3 rings (SSSR count). The zero-order chi connectivity index (χ0) is 18.5. The quantitative estimate of drug-likeness (QED) is 0.802. The molecule has 6 nitrogen and oxygen atoms in total. The SMILES string of the molecule is COc1c(CNCC(c2ccccc2Cl)N2CCOCC2)c(C)nn1C. The number of aromatic nitrogens is 2. The summed E-state index contributed by atoms with van der Waals surface area (Å²) in [4.78, 5) is 2.44. The number of methoxy groups -OCH3 is 1. The van der Waals surface area contributed by atoms with Gasteiger partial charge in [0.25, 0.3) is 0 Å². The summed E-state index contributed by atoms with van der Waals surface area (Å²) in [6.45, 7) is 6.84. The first-order valence-electron chi connectivity index (χ1n) is 8.95. The van der Waals surface area contributed by atoms with Gasteiger partial charge in [-0.2, -0.15) is 5.10 Å². The van der Waals surface area contributed by atoms with Crippen molar-refractivity contribution in [2.45, 2.75) is 19.5 Å². The Labute approximate surface area is 160 Å². The Bertz CT molecular complexity index is 728. The number of nitrogens with one attached hydrogen (secondary N) is 1. The third-order valence-electron chi connectivity index (χ3n) is 4.87. The first-order valence-corrected chi connectivity index (χ1v) is 9.33. The lowest BCUT2D eigenvalue weighted by atomic mass is 10.0. The fourth-order valence-corrected chi connectivity index (χ4v) is 3.81. The van der Waals surface area contributed by atoms with Crippen LogP contribution in [0, 0.1) is 6.92 Å². The standard InChI is InChI=1S/C19H27ClN4O2/c1-14-16(19(25-3)23(2)22-14)12-21-13-18(24-8-10-26-11-9-24)15-6-4-5-7-17(15)20/h4-7,18,21H,8-13H2,1-3H3. The monoisotopic (exact) mass is 378 g/mol. The van der Waals surface area contributed by atoms with Crippen molar-refractivity contribution < 1.29 is 9.47 Å². The lowest BCUT2D eigenvalue weighted by molar-refractivity contribution is 0.0161. The highest BCUT2D eigenvalue weighted by Gasteiger charge is 2.24. The first kappa shape index (κ1) is 19.2. The molecule has 0 spiro atoms. The summed E-state index contributed by atoms with van der Waals surface area (Å²) in [6.07, 6.45) is 0. The molecular formula is C19H27ClN4O2. The number of ether oxygens (including phenoxy) is 2. The number of benzene rings is 1. The maximum atomic E-state index is 6.49. The van der Waals surface area contributed by atoms with Gasteiger partial charge >= 0.3 is 0 Å². The molecule has 0 radical (unpaired) electrons. The van der Waals surface area contributed by atoms with Crippen LogP contribution in [0.4, 0.5) is 0 Å². The third-order valence-corrected chi connectivity index (χ3v) is 5.22. The van der Waals surface area contributed by atoms with Gasteiger partial charge in [-0.25, -0.2) is 4.68 Å². The maximum absolute atomic E-state index is 6.49. The molecular weight excluding hydrogens is 352 g/mol. The van der Waals surface area contributed by atoms with Gasteiger partial charge in [-0.3, -0.25) is 4.90 Å². The molecule has 0 saturated carbocycles. The van der Waals surface area contributed by atoms with Crippen LogP contribution in [0.5, 0.6) is 5.88 Å². The van der Waals surface area contributed by atoms with Gasteiger partial charge in [-0.05, 0) is 18.6 Å². The lowest BCUT2D eigenvalue weighted by Crippen LogP contribution is -2.42. The number of hydrogen-bond acceptors (Lipinski definition) is 5. The van der Waals surface area contributed by atoms with Crippen LogP contribution in [0.15, 0.2) is 24.3 Å². The third kappa shape index (κ3) is 4.20. The predicted molar refractivity (Wildman–Crippen MR) is 103 cm³/mol. The number of hydrogen-bond donors (Lipinski definition) is 1. The van der Waals surface area contributed by atoms with Gasteiger partial charge in [-0.15, -0.1) is 0 Å². The van der Waals surface area contributed by atoms with Crippen molar-refractivity contribution in [3.05, 3.63) is 46.1 Å². The van der Waals surface area contributed by atoms with Gasteiger partial charge in [0.15, 0.2) is 0 Å². The van der Waals surface area contributed by atoms with E-state index in [-0.39, 0.29) is 6.04 Å². The molecule has 0 amide bonds. The topological polar surface area (TPSA) is 51.6 Å². The Morgan fingerprint density at radius 1 is 1.31 bits per heavy atom. The fraction of sp³-hybridized carbons (Fsp3) is 0.526. The highest BCUT2D eigenvalue weighted by molar-refractivity contribution is 6.31. The number of halogens is 1.